The van der Waals surface area contributed by atoms with E-state index in [9.17, 15) is 5.11 Å². The van der Waals surface area contributed by atoms with Crippen molar-refractivity contribution < 1.29 is 10.2 Å². The van der Waals surface area contributed by atoms with Crippen molar-refractivity contribution in [3.63, 3.8) is 0 Å². The smallest absolute Gasteiger partial charge is 0.130 e. The molecule has 4 N–H and O–H groups in total. The van der Waals surface area contributed by atoms with Crippen LogP contribution in [0.15, 0.2) is 22.7 Å². The lowest BCUT2D eigenvalue weighted by Gasteiger charge is -2.25. The molecule has 0 saturated carbocycles. The molecule has 0 heterocycles. The number of phenolic OH excluding ortho intramolecular Hbond substituents is 1. The first-order chi connectivity index (χ1) is 6.49. The average Bonchev–Trinajstić information content (AvgIpc) is 2.09. The molecule has 0 amide bonds. The van der Waals surface area contributed by atoms with E-state index < -0.39 is 5.54 Å². The summed E-state index contributed by atoms with van der Waals surface area (Å²) in [5.41, 5.74) is 6.18. The highest BCUT2D eigenvalue weighted by Gasteiger charge is 2.23. The summed E-state index contributed by atoms with van der Waals surface area (Å²) < 4.78 is 0.596. The summed E-state index contributed by atoms with van der Waals surface area (Å²) in [6.07, 6.45) is 0.453. The molecule has 0 spiro atoms. The number of rotatable bonds is 3. The second-order valence-electron chi connectivity index (χ2n) is 3.53. The van der Waals surface area contributed by atoms with Gasteiger partial charge in [-0.05, 0) is 40.9 Å². The van der Waals surface area contributed by atoms with Gasteiger partial charge in [0.1, 0.15) is 5.75 Å². The van der Waals surface area contributed by atoms with Crippen LogP contribution in [-0.2, 0) is 5.54 Å². The fraction of sp³-hybridized carbons (Fsp3) is 0.400. The molecule has 0 aromatic heterocycles. The lowest BCUT2D eigenvalue weighted by molar-refractivity contribution is 0.246. The molecule has 0 bridgehead atoms. The second kappa shape index (κ2) is 4.29. The first kappa shape index (κ1) is 11.5. The van der Waals surface area contributed by atoms with Gasteiger partial charge in [-0.3, -0.25) is 0 Å². The van der Waals surface area contributed by atoms with Crippen molar-refractivity contribution >= 4 is 15.9 Å². The summed E-state index contributed by atoms with van der Waals surface area (Å²) in [7, 11) is 0. The van der Waals surface area contributed by atoms with Gasteiger partial charge in [-0.25, -0.2) is 0 Å². The van der Waals surface area contributed by atoms with Crippen molar-refractivity contribution in [1.82, 2.24) is 0 Å². The minimum absolute atomic E-state index is 0.0229. The van der Waals surface area contributed by atoms with Crippen LogP contribution in [0.3, 0.4) is 0 Å². The van der Waals surface area contributed by atoms with Crippen molar-refractivity contribution in [2.75, 3.05) is 6.61 Å². The van der Waals surface area contributed by atoms with E-state index in [2.05, 4.69) is 15.9 Å². The zero-order valence-corrected chi connectivity index (χ0v) is 9.58. The number of phenols is 1. The number of aliphatic hydroxyl groups excluding tert-OH is 1. The van der Waals surface area contributed by atoms with Gasteiger partial charge >= 0.3 is 0 Å². The summed E-state index contributed by atoms with van der Waals surface area (Å²) in [5.74, 6) is 0.164. The number of benzene rings is 1. The Kier molecular flexibility index (Phi) is 3.53. The molecule has 0 fully saturated rings. The largest absolute Gasteiger partial charge is 0.507 e. The monoisotopic (exact) mass is 259 g/mol. The molecular formula is C10H14BrNO2. The minimum atomic E-state index is -0.633. The maximum Gasteiger partial charge on any atom is 0.130 e. The topological polar surface area (TPSA) is 66.5 Å². The maximum absolute atomic E-state index is 9.47. The summed E-state index contributed by atoms with van der Waals surface area (Å²) >= 11 is 3.27. The third-order valence-electron chi connectivity index (χ3n) is 2.22. The van der Waals surface area contributed by atoms with Crippen LogP contribution < -0.4 is 5.73 Å². The molecule has 4 heteroatoms. The third-order valence-corrected chi connectivity index (χ3v) is 3.06. The quantitative estimate of drug-likeness (QED) is 0.775. The van der Waals surface area contributed by atoms with E-state index in [1.807, 2.05) is 13.0 Å². The van der Waals surface area contributed by atoms with Crippen LogP contribution in [0, 0.1) is 0 Å². The molecule has 0 aliphatic carbocycles. The van der Waals surface area contributed by atoms with Gasteiger partial charge in [0.2, 0.25) is 0 Å². The zero-order valence-electron chi connectivity index (χ0n) is 8.00. The molecule has 0 unspecified atom stereocenters. The SMILES string of the molecule is C[C@@](N)(CCO)c1cccc(O)c1Br. The molecule has 1 aromatic rings. The Bertz CT molecular complexity index is 326. The fourth-order valence-corrected chi connectivity index (χ4v) is 2.05. The molecule has 0 aliphatic rings. The molecule has 1 rings (SSSR count). The van der Waals surface area contributed by atoms with Crippen molar-refractivity contribution in [2.45, 2.75) is 18.9 Å². The van der Waals surface area contributed by atoms with Crippen LogP contribution in [0.25, 0.3) is 0 Å². The van der Waals surface area contributed by atoms with Gasteiger partial charge in [-0.1, -0.05) is 12.1 Å². The molecule has 1 atom stereocenters. The molecule has 78 valence electrons. The number of hydrogen-bond acceptors (Lipinski definition) is 3. The zero-order chi connectivity index (χ0) is 10.8. The molecule has 1 aromatic carbocycles. The lowest BCUT2D eigenvalue weighted by Crippen LogP contribution is -2.34. The Morgan fingerprint density at radius 3 is 2.71 bits per heavy atom. The van der Waals surface area contributed by atoms with Crippen LogP contribution in [0.4, 0.5) is 0 Å². The highest BCUT2D eigenvalue weighted by atomic mass is 79.9. The van der Waals surface area contributed by atoms with E-state index in [0.29, 0.717) is 10.9 Å². The van der Waals surface area contributed by atoms with Gasteiger partial charge in [0.25, 0.3) is 0 Å². The highest BCUT2D eigenvalue weighted by molar-refractivity contribution is 9.10. The Morgan fingerprint density at radius 1 is 1.50 bits per heavy atom. The first-order valence-electron chi connectivity index (χ1n) is 4.37. The molecule has 3 nitrogen and oxygen atoms in total. The van der Waals surface area contributed by atoms with E-state index in [-0.39, 0.29) is 12.4 Å². The van der Waals surface area contributed by atoms with Crippen molar-refractivity contribution in [2.24, 2.45) is 5.73 Å². The predicted molar refractivity (Wildman–Crippen MR) is 59.0 cm³/mol. The van der Waals surface area contributed by atoms with Crippen molar-refractivity contribution in [3.8, 4) is 5.75 Å². The minimum Gasteiger partial charge on any atom is -0.507 e. The van der Waals surface area contributed by atoms with E-state index in [4.69, 9.17) is 10.8 Å². The van der Waals surface area contributed by atoms with Gasteiger partial charge in [0.15, 0.2) is 0 Å². The summed E-state index contributed by atoms with van der Waals surface area (Å²) in [4.78, 5) is 0. The van der Waals surface area contributed by atoms with E-state index in [1.54, 1.807) is 12.1 Å². The van der Waals surface area contributed by atoms with Crippen LogP contribution in [0.5, 0.6) is 5.75 Å². The summed E-state index contributed by atoms with van der Waals surface area (Å²) in [5, 5.41) is 18.3. The molecular weight excluding hydrogens is 246 g/mol. The third kappa shape index (κ3) is 2.26. The number of aromatic hydroxyl groups is 1. The van der Waals surface area contributed by atoms with Crippen molar-refractivity contribution in [3.05, 3.63) is 28.2 Å². The standard InChI is InChI=1S/C10H14BrNO2/c1-10(12,5-6-13)7-3-2-4-8(14)9(7)11/h2-4,13-14H,5-6,12H2,1H3/t10-/m1/s1. The number of aliphatic hydroxyl groups is 1. The van der Waals surface area contributed by atoms with Crippen LogP contribution in [-0.4, -0.2) is 16.8 Å². The molecule has 14 heavy (non-hydrogen) atoms. The number of halogens is 1. The number of nitrogens with two attached hydrogens (primary N) is 1. The summed E-state index contributed by atoms with van der Waals surface area (Å²) in [6.45, 7) is 1.85. The molecule has 0 saturated heterocycles. The van der Waals surface area contributed by atoms with Crippen molar-refractivity contribution in [1.29, 1.82) is 0 Å². The number of hydrogen-bond donors (Lipinski definition) is 3. The van der Waals surface area contributed by atoms with Crippen LogP contribution >= 0.6 is 15.9 Å². The van der Waals surface area contributed by atoms with Gasteiger partial charge in [0.05, 0.1) is 4.47 Å². The first-order valence-corrected chi connectivity index (χ1v) is 5.16. The van der Waals surface area contributed by atoms with Gasteiger partial charge in [0, 0.05) is 12.1 Å². The van der Waals surface area contributed by atoms with Gasteiger partial charge < -0.3 is 15.9 Å². The predicted octanol–water partition coefficient (Wildman–Crippen LogP) is 1.71. The van der Waals surface area contributed by atoms with E-state index in [0.717, 1.165) is 5.56 Å². The van der Waals surface area contributed by atoms with E-state index >= 15 is 0 Å². The maximum atomic E-state index is 9.47. The normalized spacial score (nSPS) is 15.1. The van der Waals surface area contributed by atoms with Gasteiger partial charge in [-0.2, -0.15) is 0 Å². The van der Waals surface area contributed by atoms with Crippen LogP contribution in [0.1, 0.15) is 18.9 Å². The summed E-state index contributed by atoms with van der Waals surface area (Å²) in [6, 6.07) is 5.15. The Morgan fingerprint density at radius 2 is 2.14 bits per heavy atom. The second-order valence-corrected chi connectivity index (χ2v) is 4.32. The highest BCUT2D eigenvalue weighted by Crippen LogP contribution is 2.34. The molecule has 0 radical (unpaired) electrons. The lowest BCUT2D eigenvalue weighted by atomic mass is 9.90. The van der Waals surface area contributed by atoms with E-state index in [1.165, 1.54) is 0 Å². The average molecular weight is 260 g/mol. The Balaban J connectivity index is 3.12. The van der Waals surface area contributed by atoms with Gasteiger partial charge in [-0.15, -0.1) is 0 Å². The fourth-order valence-electron chi connectivity index (χ4n) is 1.33. The van der Waals surface area contributed by atoms with Crippen LogP contribution in [0.2, 0.25) is 0 Å². The Hall–Kier alpha value is -0.580. The molecule has 0 aliphatic heterocycles. The Labute approximate surface area is 91.7 Å².